The Balaban J connectivity index is 1.89. The summed E-state index contributed by atoms with van der Waals surface area (Å²) in [4.78, 5) is 17.9. The standard InChI is InChI=1S/C16H22N2O2/c1-18(11-13-6-4-3-5-7-13)12-15-9-8-14(10-17-15)16(19)20-2/h6,8-10H,3-5,7,11-12H2,1-2H3. The smallest absolute Gasteiger partial charge is 0.339 e. The van der Waals surface area contributed by atoms with E-state index in [1.54, 1.807) is 12.3 Å². The second-order valence-electron chi connectivity index (χ2n) is 5.31. The molecule has 20 heavy (non-hydrogen) atoms. The SMILES string of the molecule is COC(=O)c1ccc(CN(C)CC2=CCCCC2)nc1. The minimum atomic E-state index is -0.343. The molecule has 0 atom stereocenters. The average molecular weight is 274 g/mol. The summed E-state index contributed by atoms with van der Waals surface area (Å²) in [6.45, 7) is 1.79. The van der Waals surface area contributed by atoms with Crippen molar-refractivity contribution < 1.29 is 9.53 Å². The lowest BCUT2D eigenvalue weighted by Gasteiger charge is -2.20. The second-order valence-corrected chi connectivity index (χ2v) is 5.31. The lowest BCUT2D eigenvalue weighted by Crippen LogP contribution is -2.22. The molecule has 0 saturated heterocycles. The summed E-state index contributed by atoms with van der Waals surface area (Å²) in [5.74, 6) is -0.343. The molecule has 0 N–H and O–H groups in total. The zero-order valence-electron chi connectivity index (χ0n) is 12.3. The summed E-state index contributed by atoms with van der Waals surface area (Å²) in [5, 5.41) is 0. The number of esters is 1. The van der Waals surface area contributed by atoms with Crippen LogP contribution in [0.4, 0.5) is 0 Å². The number of pyridine rings is 1. The molecular weight excluding hydrogens is 252 g/mol. The van der Waals surface area contributed by atoms with Crippen LogP contribution in [0, 0.1) is 0 Å². The van der Waals surface area contributed by atoms with E-state index in [1.807, 2.05) is 6.07 Å². The van der Waals surface area contributed by atoms with Gasteiger partial charge in [0.05, 0.1) is 18.4 Å². The van der Waals surface area contributed by atoms with Crippen molar-refractivity contribution in [1.29, 1.82) is 0 Å². The van der Waals surface area contributed by atoms with Crippen LogP contribution in [0.3, 0.4) is 0 Å². The van der Waals surface area contributed by atoms with Crippen molar-refractivity contribution in [3.8, 4) is 0 Å². The van der Waals surface area contributed by atoms with Crippen LogP contribution in [0.15, 0.2) is 30.0 Å². The topological polar surface area (TPSA) is 42.4 Å². The summed E-state index contributed by atoms with van der Waals surface area (Å²) in [5.41, 5.74) is 3.00. The molecule has 0 spiro atoms. The highest BCUT2D eigenvalue weighted by Crippen LogP contribution is 2.18. The van der Waals surface area contributed by atoms with Crippen molar-refractivity contribution in [3.63, 3.8) is 0 Å². The Hall–Kier alpha value is -1.68. The van der Waals surface area contributed by atoms with Gasteiger partial charge in [0.1, 0.15) is 0 Å². The van der Waals surface area contributed by atoms with Crippen LogP contribution < -0.4 is 0 Å². The van der Waals surface area contributed by atoms with Crippen molar-refractivity contribution in [1.82, 2.24) is 9.88 Å². The number of ether oxygens (including phenoxy) is 1. The molecule has 2 rings (SSSR count). The van der Waals surface area contributed by atoms with Crippen LogP contribution in [0.1, 0.15) is 41.7 Å². The number of carbonyl (C=O) groups excluding carboxylic acids is 1. The minimum absolute atomic E-state index is 0.343. The third kappa shape index (κ3) is 4.17. The van der Waals surface area contributed by atoms with Gasteiger partial charge in [-0.05, 0) is 44.9 Å². The molecule has 0 aromatic carbocycles. The third-order valence-corrected chi connectivity index (χ3v) is 3.54. The molecule has 1 aliphatic carbocycles. The quantitative estimate of drug-likeness (QED) is 0.611. The van der Waals surface area contributed by atoms with Crippen molar-refractivity contribution >= 4 is 5.97 Å². The van der Waals surface area contributed by atoms with Crippen molar-refractivity contribution in [2.75, 3.05) is 20.7 Å². The Labute approximate surface area is 120 Å². The fourth-order valence-electron chi connectivity index (χ4n) is 2.48. The zero-order valence-corrected chi connectivity index (χ0v) is 12.3. The average Bonchev–Trinajstić information content (AvgIpc) is 2.48. The van der Waals surface area contributed by atoms with Gasteiger partial charge in [0.2, 0.25) is 0 Å². The Morgan fingerprint density at radius 1 is 1.35 bits per heavy atom. The number of likely N-dealkylation sites (N-methyl/N-ethyl adjacent to an activating group) is 1. The van der Waals surface area contributed by atoms with E-state index in [2.05, 4.69) is 27.7 Å². The number of nitrogens with zero attached hydrogens (tertiary/aromatic N) is 2. The van der Waals surface area contributed by atoms with E-state index in [-0.39, 0.29) is 5.97 Å². The number of aromatic nitrogens is 1. The predicted molar refractivity (Wildman–Crippen MR) is 78.5 cm³/mol. The molecule has 4 heteroatoms. The van der Waals surface area contributed by atoms with Crippen LogP contribution in [0.25, 0.3) is 0 Å². The van der Waals surface area contributed by atoms with Crippen molar-refractivity contribution in [3.05, 3.63) is 41.2 Å². The van der Waals surface area contributed by atoms with Crippen LogP contribution in [0.2, 0.25) is 0 Å². The van der Waals surface area contributed by atoms with Gasteiger partial charge in [-0.25, -0.2) is 4.79 Å². The lowest BCUT2D eigenvalue weighted by atomic mass is 9.99. The minimum Gasteiger partial charge on any atom is -0.465 e. The number of allylic oxidation sites excluding steroid dienone is 1. The first-order valence-corrected chi connectivity index (χ1v) is 7.08. The first kappa shape index (κ1) is 14.7. The number of hydrogen-bond donors (Lipinski definition) is 0. The Bertz CT molecular complexity index is 480. The molecule has 0 saturated carbocycles. The van der Waals surface area contributed by atoms with Crippen LogP contribution in [-0.4, -0.2) is 36.6 Å². The molecule has 1 heterocycles. The van der Waals surface area contributed by atoms with E-state index in [0.717, 1.165) is 18.8 Å². The molecule has 4 nitrogen and oxygen atoms in total. The number of methoxy groups -OCH3 is 1. The first-order chi connectivity index (χ1) is 9.69. The third-order valence-electron chi connectivity index (χ3n) is 3.54. The van der Waals surface area contributed by atoms with E-state index in [4.69, 9.17) is 0 Å². The van der Waals surface area contributed by atoms with E-state index in [0.29, 0.717) is 5.56 Å². The Morgan fingerprint density at radius 2 is 2.20 bits per heavy atom. The fraction of sp³-hybridized carbons (Fsp3) is 0.500. The molecule has 0 radical (unpaired) electrons. The van der Waals surface area contributed by atoms with E-state index in [1.165, 1.54) is 38.4 Å². The molecule has 0 unspecified atom stereocenters. The van der Waals surface area contributed by atoms with Gasteiger partial charge < -0.3 is 4.74 Å². The van der Waals surface area contributed by atoms with Gasteiger partial charge in [-0.15, -0.1) is 0 Å². The summed E-state index contributed by atoms with van der Waals surface area (Å²) in [6.07, 6.45) is 9.02. The normalized spacial score (nSPS) is 15.1. The van der Waals surface area contributed by atoms with Crippen LogP contribution in [-0.2, 0) is 11.3 Å². The zero-order chi connectivity index (χ0) is 14.4. The summed E-state index contributed by atoms with van der Waals surface area (Å²) in [6, 6.07) is 3.65. The Kier molecular flexibility index (Phi) is 5.30. The maximum absolute atomic E-state index is 11.3. The first-order valence-electron chi connectivity index (χ1n) is 7.08. The summed E-state index contributed by atoms with van der Waals surface area (Å²) < 4.78 is 4.66. The van der Waals surface area contributed by atoms with Gasteiger partial charge in [0.15, 0.2) is 0 Å². The molecule has 0 bridgehead atoms. The molecule has 1 aromatic rings. The molecule has 1 aliphatic rings. The summed E-state index contributed by atoms with van der Waals surface area (Å²) >= 11 is 0. The maximum atomic E-state index is 11.3. The van der Waals surface area contributed by atoms with Gasteiger partial charge in [-0.2, -0.15) is 0 Å². The predicted octanol–water partition coefficient (Wildman–Crippen LogP) is 2.80. The number of carbonyl (C=O) groups is 1. The van der Waals surface area contributed by atoms with E-state index < -0.39 is 0 Å². The monoisotopic (exact) mass is 274 g/mol. The summed E-state index contributed by atoms with van der Waals surface area (Å²) in [7, 11) is 3.48. The van der Waals surface area contributed by atoms with Crippen LogP contribution >= 0.6 is 0 Å². The highest BCUT2D eigenvalue weighted by Gasteiger charge is 2.09. The molecule has 0 amide bonds. The number of rotatable bonds is 5. The van der Waals surface area contributed by atoms with Crippen LogP contribution in [0.5, 0.6) is 0 Å². The fourth-order valence-corrected chi connectivity index (χ4v) is 2.48. The maximum Gasteiger partial charge on any atom is 0.339 e. The highest BCUT2D eigenvalue weighted by atomic mass is 16.5. The molecule has 0 aliphatic heterocycles. The molecule has 108 valence electrons. The molecular formula is C16H22N2O2. The van der Waals surface area contributed by atoms with Gasteiger partial charge in [0.25, 0.3) is 0 Å². The highest BCUT2D eigenvalue weighted by molar-refractivity contribution is 5.88. The number of hydrogen-bond acceptors (Lipinski definition) is 4. The lowest BCUT2D eigenvalue weighted by molar-refractivity contribution is 0.0600. The van der Waals surface area contributed by atoms with Gasteiger partial charge in [0, 0.05) is 19.3 Å². The molecule has 1 aromatic heterocycles. The largest absolute Gasteiger partial charge is 0.465 e. The van der Waals surface area contributed by atoms with Gasteiger partial charge >= 0.3 is 5.97 Å². The van der Waals surface area contributed by atoms with Crippen molar-refractivity contribution in [2.24, 2.45) is 0 Å². The van der Waals surface area contributed by atoms with Gasteiger partial charge in [-0.3, -0.25) is 9.88 Å². The molecule has 0 fully saturated rings. The van der Waals surface area contributed by atoms with Crippen molar-refractivity contribution in [2.45, 2.75) is 32.2 Å². The van der Waals surface area contributed by atoms with Gasteiger partial charge in [-0.1, -0.05) is 11.6 Å². The van der Waals surface area contributed by atoms with E-state index in [9.17, 15) is 4.79 Å². The Morgan fingerprint density at radius 3 is 2.80 bits per heavy atom. The van der Waals surface area contributed by atoms with E-state index >= 15 is 0 Å². The second kappa shape index (κ2) is 7.20.